The maximum absolute atomic E-state index is 12.3. The van der Waals surface area contributed by atoms with Gasteiger partial charge in [0.25, 0.3) is 10.0 Å². The van der Waals surface area contributed by atoms with Crippen molar-refractivity contribution in [1.82, 2.24) is 4.31 Å². The summed E-state index contributed by atoms with van der Waals surface area (Å²) in [5.74, 6) is 0. The van der Waals surface area contributed by atoms with Crippen LogP contribution in [0.3, 0.4) is 0 Å². The molecule has 4 nitrogen and oxygen atoms in total. The topological polar surface area (TPSA) is 63.4 Å². The van der Waals surface area contributed by atoms with Crippen LogP contribution in [-0.4, -0.2) is 31.9 Å². The largest absolute Gasteiger partial charge is 0.329 e. The molecule has 1 saturated heterocycles. The average Bonchev–Trinajstić information content (AvgIpc) is 2.83. The molecule has 1 aliphatic rings. The molecule has 1 atom stereocenters. The minimum atomic E-state index is -3.31. The fraction of sp³-hybridized carbons (Fsp3) is 0.600. The highest BCUT2D eigenvalue weighted by Gasteiger charge is 2.33. The van der Waals surface area contributed by atoms with E-state index in [2.05, 4.69) is 0 Å². The first-order valence-corrected chi connectivity index (χ1v) is 7.73. The Balaban J connectivity index is 2.28. The van der Waals surface area contributed by atoms with Crippen LogP contribution >= 0.6 is 11.3 Å². The minimum absolute atomic E-state index is 0.0270. The van der Waals surface area contributed by atoms with E-state index in [9.17, 15) is 8.42 Å². The van der Waals surface area contributed by atoms with Crippen LogP contribution in [0, 0.1) is 0 Å². The number of hydrogen-bond acceptors (Lipinski definition) is 4. The van der Waals surface area contributed by atoms with Crippen LogP contribution in [0.25, 0.3) is 0 Å². The predicted molar refractivity (Wildman–Crippen MR) is 64.9 cm³/mol. The first kappa shape index (κ1) is 12.0. The number of nitrogens with zero attached hydrogens (tertiary/aromatic N) is 1. The Labute approximate surface area is 100 Å². The van der Waals surface area contributed by atoms with Crippen molar-refractivity contribution in [2.45, 2.75) is 29.5 Å². The average molecular weight is 260 g/mol. The number of hydrogen-bond donors (Lipinski definition) is 1. The van der Waals surface area contributed by atoms with Gasteiger partial charge in [0.2, 0.25) is 0 Å². The van der Waals surface area contributed by atoms with E-state index in [4.69, 9.17) is 5.73 Å². The molecule has 0 bridgehead atoms. The highest BCUT2D eigenvalue weighted by atomic mass is 32.2. The van der Waals surface area contributed by atoms with Crippen LogP contribution in [0.1, 0.15) is 19.3 Å². The Morgan fingerprint density at radius 1 is 1.50 bits per heavy atom. The van der Waals surface area contributed by atoms with Crippen molar-refractivity contribution in [3.05, 3.63) is 17.5 Å². The number of piperidine rings is 1. The van der Waals surface area contributed by atoms with Crippen molar-refractivity contribution in [3.63, 3.8) is 0 Å². The zero-order chi connectivity index (χ0) is 11.6. The summed E-state index contributed by atoms with van der Waals surface area (Å²) in [6.07, 6.45) is 2.88. The molecule has 2 rings (SSSR count). The first-order valence-electron chi connectivity index (χ1n) is 5.41. The molecule has 1 aromatic heterocycles. The van der Waals surface area contributed by atoms with Crippen LogP contribution in [0.5, 0.6) is 0 Å². The van der Waals surface area contributed by atoms with Crippen molar-refractivity contribution in [3.8, 4) is 0 Å². The number of thiophene rings is 1. The molecular formula is C10H16N2O2S2. The summed E-state index contributed by atoms with van der Waals surface area (Å²) in [5, 5.41) is 1.79. The minimum Gasteiger partial charge on any atom is -0.329 e. The van der Waals surface area contributed by atoms with Crippen LogP contribution in [-0.2, 0) is 10.0 Å². The van der Waals surface area contributed by atoms with Crippen molar-refractivity contribution >= 4 is 21.4 Å². The Bertz CT molecular complexity index is 428. The molecule has 1 aromatic rings. The molecule has 6 heteroatoms. The summed E-state index contributed by atoms with van der Waals surface area (Å²) < 4.78 is 26.6. The summed E-state index contributed by atoms with van der Waals surface area (Å²) in [6.45, 7) is 1.01. The van der Waals surface area contributed by atoms with Gasteiger partial charge in [-0.05, 0) is 24.3 Å². The fourth-order valence-corrected chi connectivity index (χ4v) is 4.88. The third kappa shape index (κ3) is 2.15. The van der Waals surface area contributed by atoms with E-state index >= 15 is 0 Å². The van der Waals surface area contributed by atoms with Gasteiger partial charge in [0.1, 0.15) is 4.21 Å². The molecule has 2 heterocycles. The highest BCUT2D eigenvalue weighted by molar-refractivity contribution is 7.91. The van der Waals surface area contributed by atoms with Crippen LogP contribution in [0.15, 0.2) is 21.7 Å². The van der Waals surface area contributed by atoms with Gasteiger partial charge in [-0.3, -0.25) is 0 Å². The van der Waals surface area contributed by atoms with Gasteiger partial charge in [-0.15, -0.1) is 11.3 Å². The van der Waals surface area contributed by atoms with E-state index in [1.165, 1.54) is 11.3 Å². The van der Waals surface area contributed by atoms with Crippen LogP contribution in [0.4, 0.5) is 0 Å². The Morgan fingerprint density at radius 2 is 2.31 bits per heavy atom. The second-order valence-electron chi connectivity index (χ2n) is 3.93. The molecule has 16 heavy (non-hydrogen) atoms. The van der Waals surface area contributed by atoms with E-state index in [1.807, 2.05) is 0 Å². The molecule has 0 aromatic carbocycles. The van der Waals surface area contributed by atoms with Crippen LogP contribution in [0.2, 0.25) is 0 Å². The third-order valence-corrected chi connectivity index (χ3v) is 6.23. The molecule has 1 aliphatic heterocycles. The Kier molecular flexibility index (Phi) is 3.63. The van der Waals surface area contributed by atoms with Gasteiger partial charge in [0, 0.05) is 19.1 Å². The van der Waals surface area contributed by atoms with Crippen molar-refractivity contribution < 1.29 is 8.42 Å². The number of nitrogens with two attached hydrogens (primary N) is 1. The SMILES string of the molecule is NC[C@@H]1CCCCN1S(=O)(=O)c1cccs1. The summed E-state index contributed by atoms with van der Waals surface area (Å²) in [4.78, 5) is 0. The normalized spacial score (nSPS) is 23.4. The Morgan fingerprint density at radius 3 is 2.94 bits per heavy atom. The zero-order valence-electron chi connectivity index (χ0n) is 9.00. The van der Waals surface area contributed by atoms with Crippen molar-refractivity contribution in [2.75, 3.05) is 13.1 Å². The molecule has 0 spiro atoms. The summed E-state index contributed by atoms with van der Waals surface area (Å²) in [5.41, 5.74) is 5.64. The van der Waals surface area contributed by atoms with Gasteiger partial charge in [0.05, 0.1) is 0 Å². The molecule has 0 radical (unpaired) electrons. The zero-order valence-corrected chi connectivity index (χ0v) is 10.6. The van der Waals surface area contributed by atoms with Crippen LogP contribution < -0.4 is 5.73 Å². The van der Waals surface area contributed by atoms with Gasteiger partial charge >= 0.3 is 0 Å². The second kappa shape index (κ2) is 4.83. The van der Waals surface area contributed by atoms with Gasteiger partial charge in [-0.1, -0.05) is 12.5 Å². The number of sulfonamides is 1. The lowest BCUT2D eigenvalue weighted by Crippen LogP contribution is -2.47. The maximum atomic E-state index is 12.3. The van der Waals surface area contributed by atoms with E-state index < -0.39 is 10.0 Å². The quantitative estimate of drug-likeness (QED) is 0.889. The molecule has 1 fully saturated rings. The smallest absolute Gasteiger partial charge is 0.252 e. The molecule has 0 amide bonds. The van der Waals surface area contributed by atoms with Crippen molar-refractivity contribution in [2.24, 2.45) is 5.73 Å². The Hall–Kier alpha value is -0.430. The van der Waals surface area contributed by atoms with E-state index in [0.29, 0.717) is 17.3 Å². The lowest BCUT2D eigenvalue weighted by Gasteiger charge is -2.33. The fourth-order valence-electron chi connectivity index (χ4n) is 2.05. The number of rotatable bonds is 3. The standard InChI is InChI=1S/C10H16N2O2S2/c11-8-9-4-1-2-6-12(9)16(13,14)10-5-3-7-15-10/h3,5,7,9H,1-2,4,6,8,11H2/t9-/m0/s1. The lowest BCUT2D eigenvalue weighted by molar-refractivity contribution is 0.258. The van der Waals surface area contributed by atoms with E-state index in [-0.39, 0.29) is 6.04 Å². The van der Waals surface area contributed by atoms with Gasteiger partial charge in [0.15, 0.2) is 0 Å². The summed E-state index contributed by atoms with van der Waals surface area (Å²) >= 11 is 1.27. The highest BCUT2D eigenvalue weighted by Crippen LogP contribution is 2.27. The first-order chi connectivity index (χ1) is 7.66. The van der Waals surface area contributed by atoms with E-state index in [1.54, 1.807) is 21.8 Å². The molecule has 0 saturated carbocycles. The summed E-state index contributed by atoms with van der Waals surface area (Å²) in [7, 11) is -3.31. The van der Waals surface area contributed by atoms with E-state index in [0.717, 1.165) is 19.3 Å². The third-order valence-electron chi connectivity index (χ3n) is 2.90. The van der Waals surface area contributed by atoms with Crippen molar-refractivity contribution in [1.29, 1.82) is 0 Å². The molecule has 0 aliphatic carbocycles. The summed E-state index contributed by atoms with van der Waals surface area (Å²) in [6, 6.07) is 3.39. The maximum Gasteiger partial charge on any atom is 0.252 e. The lowest BCUT2D eigenvalue weighted by atomic mass is 10.1. The van der Waals surface area contributed by atoms with Gasteiger partial charge < -0.3 is 5.73 Å². The molecule has 90 valence electrons. The predicted octanol–water partition coefficient (Wildman–Crippen LogP) is 1.25. The monoisotopic (exact) mass is 260 g/mol. The molecular weight excluding hydrogens is 244 g/mol. The van der Waals surface area contributed by atoms with Gasteiger partial charge in [-0.25, -0.2) is 8.42 Å². The van der Waals surface area contributed by atoms with Gasteiger partial charge in [-0.2, -0.15) is 4.31 Å². The molecule has 2 N–H and O–H groups in total. The molecule has 0 unspecified atom stereocenters. The second-order valence-corrected chi connectivity index (χ2v) is 7.00.